The Morgan fingerprint density at radius 3 is 2.43 bits per heavy atom. The largest absolute Gasteiger partial charge is 0.493 e. The van der Waals surface area contributed by atoms with E-state index in [9.17, 15) is 4.79 Å². The minimum atomic E-state index is -0.890. The highest BCUT2D eigenvalue weighted by molar-refractivity contribution is 6.30. The maximum atomic E-state index is 13.1. The molecule has 28 heavy (non-hydrogen) atoms. The molecular formula is C20H21ClN2O5. The highest BCUT2D eigenvalue weighted by Gasteiger charge is 2.50. The van der Waals surface area contributed by atoms with Crippen molar-refractivity contribution in [3.05, 3.63) is 40.9 Å². The van der Waals surface area contributed by atoms with Crippen LogP contribution in [-0.4, -0.2) is 33.1 Å². The number of halogens is 1. The number of carbonyl (C=O) groups excluding carboxylic acids is 1. The zero-order valence-corrected chi connectivity index (χ0v) is 16.8. The van der Waals surface area contributed by atoms with E-state index in [1.54, 1.807) is 23.1 Å². The Morgan fingerprint density at radius 1 is 1.14 bits per heavy atom. The van der Waals surface area contributed by atoms with E-state index in [0.29, 0.717) is 40.1 Å². The molecule has 7 nitrogen and oxygen atoms in total. The van der Waals surface area contributed by atoms with Gasteiger partial charge in [-0.3, -0.25) is 4.90 Å². The van der Waals surface area contributed by atoms with E-state index in [2.05, 4.69) is 5.32 Å². The molecule has 1 saturated heterocycles. The van der Waals surface area contributed by atoms with E-state index in [1.165, 1.54) is 21.3 Å². The highest BCUT2D eigenvalue weighted by atomic mass is 35.5. The third-order valence-electron chi connectivity index (χ3n) is 5.14. The Hall–Kier alpha value is -2.80. The number of hydrogen-bond donors (Lipinski definition) is 1. The van der Waals surface area contributed by atoms with Gasteiger partial charge in [-0.15, -0.1) is 0 Å². The number of nitrogens with one attached hydrogen (secondary N) is 1. The Kier molecular flexibility index (Phi) is 4.42. The van der Waals surface area contributed by atoms with Crippen LogP contribution in [0.25, 0.3) is 0 Å². The molecule has 8 heteroatoms. The van der Waals surface area contributed by atoms with Crippen LogP contribution < -0.4 is 29.2 Å². The maximum Gasteiger partial charge on any atom is 0.325 e. The second-order valence-corrected chi connectivity index (χ2v) is 7.32. The monoisotopic (exact) mass is 404 g/mol. The first-order chi connectivity index (χ1) is 13.4. The van der Waals surface area contributed by atoms with Gasteiger partial charge in [0, 0.05) is 29.1 Å². The summed E-state index contributed by atoms with van der Waals surface area (Å²) >= 11 is 6.13. The minimum Gasteiger partial charge on any atom is -0.493 e. The van der Waals surface area contributed by atoms with Crippen molar-refractivity contribution in [3.8, 4) is 23.0 Å². The Balaban J connectivity index is 1.81. The number of rotatable bonds is 4. The second kappa shape index (κ2) is 6.67. The third kappa shape index (κ3) is 2.77. The molecule has 2 aliphatic rings. The fraction of sp³-hybridized carbons (Fsp3) is 0.350. The van der Waals surface area contributed by atoms with Crippen molar-refractivity contribution < 1.29 is 23.7 Å². The van der Waals surface area contributed by atoms with Gasteiger partial charge >= 0.3 is 6.03 Å². The van der Waals surface area contributed by atoms with Crippen LogP contribution in [0.4, 0.5) is 10.5 Å². The molecule has 4 rings (SSSR count). The van der Waals surface area contributed by atoms with Crippen LogP contribution in [-0.2, 0) is 0 Å². The van der Waals surface area contributed by atoms with Crippen molar-refractivity contribution in [2.24, 2.45) is 0 Å². The van der Waals surface area contributed by atoms with Gasteiger partial charge in [-0.05, 0) is 25.1 Å². The van der Waals surface area contributed by atoms with Gasteiger partial charge in [-0.2, -0.15) is 0 Å². The van der Waals surface area contributed by atoms with Crippen molar-refractivity contribution >= 4 is 23.3 Å². The van der Waals surface area contributed by atoms with Crippen molar-refractivity contribution in [1.82, 2.24) is 5.32 Å². The van der Waals surface area contributed by atoms with E-state index < -0.39 is 5.72 Å². The van der Waals surface area contributed by atoms with Crippen LogP contribution in [0.1, 0.15) is 24.9 Å². The van der Waals surface area contributed by atoms with Crippen LogP contribution in [0.15, 0.2) is 30.3 Å². The number of benzene rings is 2. The van der Waals surface area contributed by atoms with Gasteiger partial charge in [-0.1, -0.05) is 11.6 Å². The first-order valence-corrected chi connectivity index (χ1v) is 9.17. The molecule has 2 aromatic rings. The zero-order chi connectivity index (χ0) is 20.1. The van der Waals surface area contributed by atoms with Gasteiger partial charge < -0.3 is 24.3 Å². The number of methoxy groups -OCH3 is 3. The average molecular weight is 405 g/mol. The van der Waals surface area contributed by atoms with Gasteiger partial charge in [0.1, 0.15) is 5.75 Å². The minimum absolute atomic E-state index is 0.182. The summed E-state index contributed by atoms with van der Waals surface area (Å²) in [5.74, 6) is 2.07. The molecule has 2 aromatic carbocycles. The molecule has 1 fully saturated rings. The number of nitrogens with zero attached hydrogens (tertiary/aromatic N) is 1. The lowest BCUT2D eigenvalue weighted by Gasteiger charge is -2.50. The summed E-state index contributed by atoms with van der Waals surface area (Å²) in [4.78, 5) is 14.6. The third-order valence-corrected chi connectivity index (χ3v) is 5.38. The summed E-state index contributed by atoms with van der Waals surface area (Å²) in [6.45, 7) is 1.89. The van der Waals surface area contributed by atoms with E-state index >= 15 is 0 Å². The molecule has 2 amide bonds. The summed E-state index contributed by atoms with van der Waals surface area (Å²) in [7, 11) is 4.60. The molecule has 2 atom stereocenters. The predicted molar refractivity (Wildman–Crippen MR) is 105 cm³/mol. The van der Waals surface area contributed by atoms with Gasteiger partial charge in [0.25, 0.3) is 0 Å². The van der Waals surface area contributed by atoms with Gasteiger partial charge in [0.2, 0.25) is 5.75 Å². The van der Waals surface area contributed by atoms with Gasteiger partial charge in [-0.25, -0.2) is 4.79 Å². The fourth-order valence-electron chi connectivity index (χ4n) is 3.93. The van der Waals surface area contributed by atoms with Gasteiger partial charge in [0.05, 0.1) is 33.1 Å². The van der Waals surface area contributed by atoms with Crippen molar-refractivity contribution in [2.75, 3.05) is 26.2 Å². The second-order valence-electron chi connectivity index (χ2n) is 6.88. The summed E-state index contributed by atoms with van der Waals surface area (Å²) in [6.07, 6.45) is 0.558. The Labute approximate surface area is 168 Å². The summed E-state index contributed by atoms with van der Waals surface area (Å²) in [6, 6.07) is 8.43. The van der Waals surface area contributed by atoms with Crippen molar-refractivity contribution in [3.63, 3.8) is 0 Å². The first kappa shape index (κ1) is 18.6. The van der Waals surface area contributed by atoms with Crippen LogP contribution in [0.3, 0.4) is 0 Å². The van der Waals surface area contributed by atoms with Crippen LogP contribution >= 0.6 is 11.6 Å². The van der Waals surface area contributed by atoms with E-state index in [4.69, 9.17) is 30.5 Å². The molecule has 148 valence electrons. The molecule has 1 N–H and O–H groups in total. The maximum absolute atomic E-state index is 13.1. The van der Waals surface area contributed by atoms with E-state index in [1.807, 2.05) is 19.1 Å². The topological polar surface area (TPSA) is 69.3 Å². The van der Waals surface area contributed by atoms with Crippen LogP contribution in [0.5, 0.6) is 23.0 Å². The molecule has 0 aliphatic carbocycles. The van der Waals surface area contributed by atoms with Gasteiger partial charge in [0.15, 0.2) is 17.2 Å². The number of urea groups is 1. The van der Waals surface area contributed by atoms with Crippen LogP contribution in [0, 0.1) is 0 Å². The summed E-state index contributed by atoms with van der Waals surface area (Å²) in [5.41, 5.74) is 0.562. The number of hydrogen-bond acceptors (Lipinski definition) is 5. The lowest BCUT2D eigenvalue weighted by molar-refractivity contribution is 0.0378. The highest BCUT2D eigenvalue weighted by Crippen LogP contribution is 2.48. The Morgan fingerprint density at radius 2 is 1.82 bits per heavy atom. The predicted octanol–water partition coefficient (Wildman–Crippen LogP) is 4.14. The molecule has 0 unspecified atom stereocenters. The number of carbonyl (C=O) groups is 1. The SMILES string of the molecule is COc1cc(N2C(=O)N[C@H]3C[C@@]2(C)Oc2ccc(Cl)cc23)cc(OC)c1OC. The molecule has 0 aromatic heterocycles. The molecule has 0 saturated carbocycles. The van der Waals surface area contributed by atoms with E-state index in [0.717, 1.165) is 5.56 Å². The fourth-order valence-corrected chi connectivity index (χ4v) is 4.11. The number of amides is 2. The lowest BCUT2D eigenvalue weighted by Crippen LogP contribution is -2.65. The zero-order valence-electron chi connectivity index (χ0n) is 16.0. The molecule has 0 spiro atoms. The number of fused-ring (bicyclic) bond motifs is 4. The summed E-state index contributed by atoms with van der Waals surface area (Å²) < 4.78 is 22.5. The lowest BCUT2D eigenvalue weighted by atomic mass is 9.90. The standard InChI is InChI=1S/C20H21ClN2O5/c1-20-10-14(13-7-11(21)5-6-15(13)28-20)22-19(24)23(20)12-8-16(25-2)18(27-4)17(9-12)26-3/h5-9,14H,10H2,1-4H3,(H,22,24)/t14-,20+/m0/s1. The molecule has 0 radical (unpaired) electrons. The molecular weight excluding hydrogens is 384 g/mol. The number of ether oxygens (including phenoxy) is 4. The van der Waals surface area contributed by atoms with E-state index in [-0.39, 0.29) is 12.1 Å². The Bertz CT molecular complexity index is 925. The first-order valence-electron chi connectivity index (χ1n) is 8.79. The summed E-state index contributed by atoms with van der Waals surface area (Å²) in [5, 5.41) is 3.65. The van der Waals surface area contributed by atoms with Crippen molar-refractivity contribution in [2.45, 2.75) is 25.1 Å². The van der Waals surface area contributed by atoms with Crippen LogP contribution in [0.2, 0.25) is 5.02 Å². The average Bonchev–Trinajstić information content (AvgIpc) is 2.67. The molecule has 2 heterocycles. The smallest absolute Gasteiger partial charge is 0.325 e. The number of anilines is 1. The normalized spacial score (nSPS) is 22.7. The van der Waals surface area contributed by atoms with Crippen molar-refractivity contribution in [1.29, 1.82) is 0 Å². The molecule has 2 bridgehead atoms. The molecule has 2 aliphatic heterocycles. The quantitative estimate of drug-likeness (QED) is 0.829.